The van der Waals surface area contributed by atoms with Crippen LogP contribution in [0.15, 0.2) is 0 Å². The standard InChI is InChI=1S/C13H13ClF5NO/c1-3-13(4-2,5-14)20-12(21)6-7(15)9(17)11(19)10(18)8(6)16/h3-5H2,1-2H3,(H,20,21). The third kappa shape index (κ3) is 3.12. The van der Waals surface area contributed by atoms with Crippen LogP contribution in [0.25, 0.3) is 0 Å². The van der Waals surface area contributed by atoms with Crippen LogP contribution in [-0.2, 0) is 0 Å². The van der Waals surface area contributed by atoms with E-state index in [-0.39, 0.29) is 5.88 Å². The Balaban J connectivity index is 3.32. The molecule has 1 N–H and O–H groups in total. The van der Waals surface area contributed by atoms with E-state index in [1.807, 2.05) is 0 Å². The summed E-state index contributed by atoms with van der Waals surface area (Å²) in [6.07, 6.45) is 0.655. The zero-order chi connectivity index (χ0) is 16.4. The van der Waals surface area contributed by atoms with Crippen molar-refractivity contribution in [3.05, 3.63) is 34.6 Å². The van der Waals surface area contributed by atoms with Crippen molar-refractivity contribution in [2.45, 2.75) is 32.2 Å². The maximum Gasteiger partial charge on any atom is 0.257 e. The molecule has 0 aliphatic heterocycles. The van der Waals surface area contributed by atoms with Crippen LogP contribution >= 0.6 is 11.6 Å². The van der Waals surface area contributed by atoms with Crippen molar-refractivity contribution in [2.75, 3.05) is 5.88 Å². The van der Waals surface area contributed by atoms with E-state index in [1.165, 1.54) is 0 Å². The number of hydrogen-bond acceptors (Lipinski definition) is 1. The molecule has 21 heavy (non-hydrogen) atoms. The molecule has 2 nitrogen and oxygen atoms in total. The average Bonchev–Trinajstić information content (AvgIpc) is 2.49. The lowest BCUT2D eigenvalue weighted by atomic mass is 9.94. The van der Waals surface area contributed by atoms with E-state index in [0.29, 0.717) is 12.8 Å². The number of amides is 1. The van der Waals surface area contributed by atoms with E-state index in [2.05, 4.69) is 5.32 Å². The summed E-state index contributed by atoms with van der Waals surface area (Å²) in [5, 5.41) is 2.24. The zero-order valence-corrected chi connectivity index (χ0v) is 12.1. The Morgan fingerprint density at radius 2 is 1.33 bits per heavy atom. The number of benzene rings is 1. The molecular formula is C13H13ClF5NO. The lowest BCUT2D eigenvalue weighted by Gasteiger charge is -2.30. The van der Waals surface area contributed by atoms with Crippen LogP contribution in [0.1, 0.15) is 37.0 Å². The number of alkyl halides is 1. The maximum absolute atomic E-state index is 13.5. The van der Waals surface area contributed by atoms with Crippen LogP contribution in [0, 0.1) is 29.1 Å². The molecule has 0 aliphatic rings. The third-order valence-corrected chi connectivity index (χ3v) is 3.94. The van der Waals surface area contributed by atoms with Gasteiger partial charge in [-0.25, -0.2) is 22.0 Å². The molecule has 8 heteroatoms. The third-order valence-electron chi connectivity index (χ3n) is 3.42. The normalized spacial score (nSPS) is 11.6. The highest BCUT2D eigenvalue weighted by molar-refractivity contribution is 6.19. The van der Waals surface area contributed by atoms with Crippen LogP contribution in [0.4, 0.5) is 22.0 Å². The lowest BCUT2D eigenvalue weighted by molar-refractivity contribution is 0.0890. The van der Waals surface area contributed by atoms with Gasteiger partial charge in [-0.1, -0.05) is 13.8 Å². The second kappa shape index (κ2) is 6.60. The van der Waals surface area contributed by atoms with Gasteiger partial charge in [-0.05, 0) is 12.8 Å². The van der Waals surface area contributed by atoms with Crippen molar-refractivity contribution in [1.82, 2.24) is 5.32 Å². The average molecular weight is 330 g/mol. The predicted octanol–water partition coefficient (Wildman–Crippen LogP) is 3.91. The van der Waals surface area contributed by atoms with Crippen LogP contribution in [0.3, 0.4) is 0 Å². The first-order valence-electron chi connectivity index (χ1n) is 6.14. The fraction of sp³-hybridized carbons (Fsp3) is 0.462. The summed E-state index contributed by atoms with van der Waals surface area (Å²) >= 11 is 5.71. The Kier molecular flexibility index (Phi) is 5.55. The summed E-state index contributed by atoms with van der Waals surface area (Å²) in [5.41, 5.74) is -2.50. The van der Waals surface area contributed by atoms with Crippen LogP contribution in [0.2, 0.25) is 0 Å². The molecule has 0 atom stereocenters. The molecule has 1 aromatic carbocycles. The van der Waals surface area contributed by atoms with E-state index in [4.69, 9.17) is 11.6 Å². The topological polar surface area (TPSA) is 29.1 Å². The minimum Gasteiger partial charge on any atom is -0.345 e. The van der Waals surface area contributed by atoms with Gasteiger partial charge < -0.3 is 5.32 Å². The molecule has 0 spiro atoms. The Bertz CT molecular complexity index is 523. The van der Waals surface area contributed by atoms with Gasteiger partial charge in [0.15, 0.2) is 23.3 Å². The second-order valence-corrected chi connectivity index (χ2v) is 4.79. The molecule has 0 heterocycles. The Labute approximate surface area is 123 Å². The van der Waals surface area contributed by atoms with Gasteiger partial charge in [-0.15, -0.1) is 11.6 Å². The second-order valence-electron chi connectivity index (χ2n) is 4.52. The fourth-order valence-corrected chi connectivity index (χ4v) is 2.20. The molecular weight excluding hydrogens is 317 g/mol. The van der Waals surface area contributed by atoms with Crippen molar-refractivity contribution in [2.24, 2.45) is 0 Å². The van der Waals surface area contributed by atoms with E-state index in [1.54, 1.807) is 13.8 Å². The van der Waals surface area contributed by atoms with Crippen molar-refractivity contribution >= 4 is 17.5 Å². The van der Waals surface area contributed by atoms with E-state index in [9.17, 15) is 26.7 Å². The molecule has 0 unspecified atom stereocenters. The number of hydrogen-bond donors (Lipinski definition) is 1. The molecule has 1 amide bonds. The van der Waals surface area contributed by atoms with Crippen LogP contribution < -0.4 is 5.32 Å². The van der Waals surface area contributed by atoms with E-state index < -0.39 is 46.1 Å². The number of carbonyl (C=O) groups is 1. The first kappa shape index (κ1) is 17.7. The Morgan fingerprint density at radius 3 is 1.67 bits per heavy atom. The molecule has 0 bridgehead atoms. The summed E-state index contributed by atoms with van der Waals surface area (Å²) in [7, 11) is 0. The molecule has 0 radical (unpaired) electrons. The largest absolute Gasteiger partial charge is 0.345 e. The van der Waals surface area contributed by atoms with Gasteiger partial charge in [0.25, 0.3) is 5.91 Å². The van der Waals surface area contributed by atoms with Gasteiger partial charge in [0.2, 0.25) is 5.82 Å². The van der Waals surface area contributed by atoms with Gasteiger partial charge in [-0.2, -0.15) is 0 Å². The SMILES string of the molecule is CCC(CC)(CCl)NC(=O)c1c(F)c(F)c(F)c(F)c1F. The monoisotopic (exact) mass is 329 g/mol. The Morgan fingerprint density at radius 1 is 0.952 bits per heavy atom. The number of nitrogens with one attached hydrogen (secondary N) is 1. The van der Waals surface area contributed by atoms with E-state index in [0.717, 1.165) is 0 Å². The smallest absolute Gasteiger partial charge is 0.257 e. The van der Waals surface area contributed by atoms with Crippen LogP contribution in [-0.4, -0.2) is 17.3 Å². The van der Waals surface area contributed by atoms with Gasteiger partial charge in [-0.3, -0.25) is 4.79 Å². The minimum atomic E-state index is -2.31. The summed E-state index contributed by atoms with van der Waals surface area (Å²) in [6.45, 7) is 3.34. The van der Waals surface area contributed by atoms with Crippen molar-refractivity contribution in [1.29, 1.82) is 0 Å². The highest BCUT2D eigenvalue weighted by Crippen LogP contribution is 2.25. The number of carbonyl (C=O) groups excluding carboxylic acids is 1. The molecule has 0 saturated carbocycles. The predicted molar refractivity (Wildman–Crippen MR) is 67.7 cm³/mol. The minimum absolute atomic E-state index is 0.0683. The molecule has 1 rings (SSSR count). The first-order valence-corrected chi connectivity index (χ1v) is 6.68. The highest BCUT2D eigenvalue weighted by atomic mass is 35.5. The first-order chi connectivity index (χ1) is 9.74. The number of rotatable bonds is 5. The summed E-state index contributed by atoms with van der Waals surface area (Å²) in [6, 6.07) is 0. The molecule has 118 valence electrons. The van der Waals surface area contributed by atoms with Gasteiger partial charge in [0.05, 0.1) is 5.54 Å². The van der Waals surface area contributed by atoms with Crippen molar-refractivity contribution < 1.29 is 26.7 Å². The van der Waals surface area contributed by atoms with Gasteiger partial charge >= 0.3 is 0 Å². The molecule has 0 aromatic heterocycles. The number of halogens is 6. The quantitative estimate of drug-likeness (QED) is 0.377. The Hall–Kier alpha value is -1.37. The maximum atomic E-state index is 13.5. The van der Waals surface area contributed by atoms with Gasteiger partial charge in [0.1, 0.15) is 5.56 Å². The van der Waals surface area contributed by atoms with Gasteiger partial charge in [0, 0.05) is 5.88 Å². The molecule has 0 fully saturated rings. The molecule has 0 aliphatic carbocycles. The highest BCUT2D eigenvalue weighted by Gasteiger charge is 2.34. The lowest BCUT2D eigenvalue weighted by Crippen LogP contribution is -2.49. The molecule has 1 aromatic rings. The zero-order valence-electron chi connectivity index (χ0n) is 11.3. The summed E-state index contributed by atoms with van der Waals surface area (Å²) in [4.78, 5) is 11.9. The fourth-order valence-electron chi connectivity index (χ4n) is 1.76. The van der Waals surface area contributed by atoms with E-state index >= 15 is 0 Å². The van der Waals surface area contributed by atoms with Crippen LogP contribution in [0.5, 0.6) is 0 Å². The van der Waals surface area contributed by atoms with Crippen molar-refractivity contribution in [3.63, 3.8) is 0 Å². The van der Waals surface area contributed by atoms with Crippen molar-refractivity contribution in [3.8, 4) is 0 Å². The molecule has 0 saturated heterocycles. The summed E-state index contributed by atoms with van der Waals surface area (Å²) in [5.74, 6) is -12.4. The summed E-state index contributed by atoms with van der Waals surface area (Å²) < 4.78 is 66.1.